The van der Waals surface area contributed by atoms with Crippen LogP contribution < -0.4 is 0 Å². The standard InChI is InChI=1S/C42H24N2O/c1-2-11-26-23-39-37(22-25(26)10-1)36-21-9-20-35(42(36)45-39)31-18-7-17-28-27(31)16-8-19-32(28)38-24-43-40-33-14-5-3-12-29(33)30-13-4-6-15-34(30)41(40)44-38/h1-24H. The molecule has 0 aliphatic heterocycles. The third-order valence-electron chi connectivity index (χ3n) is 9.28. The lowest BCUT2D eigenvalue weighted by molar-refractivity contribution is 0.670. The Morgan fingerprint density at radius 1 is 0.400 bits per heavy atom. The van der Waals surface area contributed by atoms with Gasteiger partial charge in [-0.2, -0.15) is 0 Å². The Morgan fingerprint density at radius 3 is 1.71 bits per heavy atom. The third-order valence-corrected chi connectivity index (χ3v) is 9.28. The van der Waals surface area contributed by atoms with Gasteiger partial charge in [-0.25, -0.2) is 4.98 Å². The van der Waals surface area contributed by atoms with Crippen LogP contribution in [-0.2, 0) is 0 Å². The zero-order valence-electron chi connectivity index (χ0n) is 24.2. The maximum atomic E-state index is 6.61. The lowest BCUT2D eigenvalue weighted by Crippen LogP contribution is -1.93. The van der Waals surface area contributed by atoms with Crippen LogP contribution in [0.5, 0.6) is 0 Å². The van der Waals surface area contributed by atoms with Crippen LogP contribution in [0.25, 0.3) is 98.4 Å². The number of aromatic nitrogens is 2. The Bertz CT molecular complexity index is 2790. The summed E-state index contributed by atoms with van der Waals surface area (Å²) in [6.45, 7) is 0. The van der Waals surface area contributed by atoms with E-state index in [-0.39, 0.29) is 0 Å². The maximum absolute atomic E-state index is 6.61. The highest BCUT2D eigenvalue weighted by Crippen LogP contribution is 2.41. The molecular weight excluding hydrogens is 548 g/mol. The van der Waals surface area contributed by atoms with Gasteiger partial charge in [0.25, 0.3) is 0 Å². The molecule has 0 fully saturated rings. The molecule has 0 atom stereocenters. The molecular formula is C42H24N2O. The Kier molecular flexibility index (Phi) is 5.00. The Balaban J connectivity index is 1.21. The van der Waals surface area contributed by atoms with E-state index in [0.717, 1.165) is 76.9 Å². The summed E-state index contributed by atoms with van der Waals surface area (Å²) in [6.07, 6.45) is 1.93. The topological polar surface area (TPSA) is 38.9 Å². The molecule has 2 heterocycles. The van der Waals surface area contributed by atoms with Crippen molar-refractivity contribution in [2.45, 2.75) is 0 Å². The minimum atomic E-state index is 0.860. The zero-order valence-corrected chi connectivity index (χ0v) is 24.2. The molecule has 3 heteroatoms. The van der Waals surface area contributed by atoms with Gasteiger partial charge < -0.3 is 4.42 Å². The van der Waals surface area contributed by atoms with E-state index in [1.54, 1.807) is 0 Å². The van der Waals surface area contributed by atoms with E-state index in [2.05, 4.69) is 140 Å². The van der Waals surface area contributed by atoms with Crippen LogP contribution in [0.4, 0.5) is 0 Å². The fourth-order valence-corrected chi connectivity index (χ4v) is 7.22. The normalized spacial score (nSPS) is 12.0. The molecule has 2 aromatic heterocycles. The van der Waals surface area contributed by atoms with E-state index < -0.39 is 0 Å². The number of rotatable bonds is 2. The highest BCUT2D eigenvalue weighted by atomic mass is 16.3. The van der Waals surface area contributed by atoms with Crippen molar-refractivity contribution in [1.29, 1.82) is 0 Å². The maximum Gasteiger partial charge on any atom is 0.143 e. The van der Waals surface area contributed by atoms with Crippen molar-refractivity contribution in [3.8, 4) is 22.4 Å². The van der Waals surface area contributed by atoms with E-state index in [0.29, 0.717) is 0 Å². The summed E-state index contributed by atoms with van der Waals surface area (Å²) in [7, 11) is 0. The minimum absolute atomic E-state index is 0.860. The van der Waals surface area contributed by atoms with Crippen molar-refractivity contribution >= 4 is 76.1 Å². The van der Waals surface area contributed by atoms with Gasteiger partial charge in [-0.1, -0.05) is 127 Å². The van der Waals surface area contributed by atoms with Gasteiger partial charge in [-0.3, -0.25) is 4.98 Å². The number of fused-ring (bicyclic) bond motifs is 11. The van der Waals surface area contributed by atoms with Gasteiger partial charge in [0.15, 0.2) is 0 Å². The third kappa shape index (κ3) is 3.52. The first-order chi connectivity index (χ1) is 22.3. The van der Waals surface area contributed by atoms with Crippen molar-refractivity contribution < 1.29 is 4.42 Å². The van der Waals surface area contributed by atoms with E-state index in [1.807, 2.05) is 6.20 Å². The summed E-state index contributed by atoms with van der Waals surface area (Å²) in [5, 5.41) is 11.6. The Hall–Kier alpha value is -6.06. The largest absolute Gasteiger partial charge is 0.455 e. The summed E-state index contributed by atoms with van der Waals surface area (Å²) in [6, 6.07) is 49.3. The lowest BCUT2D eigenvalue weighted by Gasteiger charge is -2.13. The van der Waals surface area contributed by atoms with Crippen molar-refractivity contribution in [3.63, 3.8) is 0 Å². The highest BCUT2D eigenvalue weighted by molar-refractivity contribution is 6.23. The summed E-state index contributed by atoms with van der Waals surface area (Å²) >= 11 is 0. The number of nitrogens with zero attached hydrogens (tertiary/aromatic N) is 2. The first-order valence-corrected chi connectivity index (χ1v) is 15.2. The first kappa shape index (κ1) is 24.4. The summed E-state index contributed by atoms with van der Waals surface area (Å²) in [5.74, 6) is 0. The van der Waals surface area contributed by atoms with E-state index in [1.165, 1.54) is 21.5 Å². The quantitative estimate of drug-likeness (QED) is 0.193. The second-order valence-corrected chi connectivity index (χ2v) is 11.7. The molecule has 10 rings (SSSR count). The summed E-state index contributed by atoms with van der Waals surface area (Å²) in [5.41, 5.74) is 7.80. The van der Waals surface area contributed by atoms with Crippen molar-refractivity contribution in [2.75, 3.05) is 0 Å². The molecule has 0 amide bonds. The van der Waals surface area contributed by atoms with Crippen molar-refractivity contribution in [2.24, 2.45) is 0 Å². The first-order valence-electron chi connectivity index (χ1n) is 15.2. The van der Waals surface area contributed by atoms with Gasteiger partial charge in [0.2, 0.25) is 0 Å². The van der Waals surface area contributed by atoms with E-state index in [4.69, 9.17) is 14.4 Å². The molecule has 0 aliphatic carbocycles. The van der Waals surface area contributed by atoms with Crippen LogP contribution in [0, 0.1) is 0 Å². The highest BCUT2D eigenvalue weighted by Gasteiger charge is 2.17. The van der Waals surface area contributed by atoms with Crippen LogP contribution >= 0.6 is 0 Å². The van der Waals surface area contributed by atoms with Gasteiger partial charge >= 0.3 is 0 Å². The molecule has 3 nitrogen and oxygen atoms in total. The van der Waals surface area contributed by atoms with Gasteiger partial charge in [-0.05, 0) is 50.0 Å². The second kappa shape index (κ2) is 9.22. The molecule has 0 radical (unpaired) electrons. The fourth-order valence-electron chi connectivity index (χ4n) is 7.22. The smallest absolute Gasteiger partial charge is 0.143 e. The van der Waals surface area contributed by atoms with E-state index >= 15 is 0 Å². The Labute approximate surface area is 258 Å². The van der Waals surface area contributed by atoms with Gasteiger partial charge in [0.1, 0.15) is 11.2 Å². The van der Waals surface area contributed by atoms with Crippen LogP contribution in [-0.4, -0.2) is 9.97 Å². The van der Waals surface area contributed by atoms with Crippen LogP contribution in [0.2, 0.25) is 0 Å². The molecule has 0 saturated carbocycles. The Morgan fingerprint density at radius 2 is 0.956 bits per heavy atom. The molecule has 0 N–H and O–H groups in total. The molecule has 45 heavy (non-hydrogen) atoms. The molecule has 0 bridgehead atoms. The van der Waals surface area contributed by atoms with Crippen molar-refractivity contribution in [3.05, 3.63) is 146 Å². The monoisotopic (exact) mass is 572 g/mol. The molecule has 8 aromatic carbocycles. The van der Waals surface area contributed by atoms with Gasteiger partial charge in [0.05, 0.1) is 22.9 Å². The van der Waals surface area contributed by atoms with Gasteiger partial charge in [0, 0.05) is 32.7 Å². The predicted octanol–water partition coefficient (Wildman–Crippen LogP) is 11.5. The second-order valence-electron chi connectivity index (χ2n) is 11.7. The zero-order chi connectivity index (χ0) is 29.5. The van der Waals surface area contributed by atoms with E-state index in [9.17, 15) is 0 Å². The molecule has 0 spiro atoms. The lowest BCUT2D eigenvalue weighted by atomic mass is 9.93. The van der Waals surface area contributed by atoms with Crippen LogP contribution in [0.15, 0.2) is 150 Å². The molecule has 0 saturated heterocycles. The number of furan rings is 1. The molecule has 0 aliphatic rings. The van der Waals surface area contributed by atoms with Crippen LogP contribution in [0.1, 0.15) is 0 Å². The predicted molar refractivity (Wildman–Crippen MR) is 188 cm³/mol. The van der Waals surface area contributed by atoms with Gasteiger partial charge in [-0.15, -0.1) is 0 Å². The summed E-state index contributed by atoms with van der Waals surface area (Å²) in [4.78, 5) is 10.3. The van der Waals surface area contributed by atoms with Crippen LogP contribution in [0.3, 0.4) is 0 Å². The summed E-state index contributed by atoms with van der Waals surface area (Å²) < 4.78 is 6.61. The fraction of sp³-hybridized carbons (Fsp3) is 0. The number of hydrogen-bond acceptors (Lipinski definition) is 3. The molecule has 208 valence electrons. The number of hydrogen-bond donors (Lipinski definition) is 0. The average molecular weight is 573 g/mol. The SMILES string of the molecule is c1ccc2cc3c(cc2c1)oc1c(-c2cccc4c(-c5cnc6c7ccccc7c7ccccc7c6n5)cccc24)cccc13. The van der Waals surface area contributed by atoms with Crippen molar-refractivity contribution in [1.82, 2.24) is 9.97 Å². The minimum Gasteiger partial charge on any atom is -0.455 e. The molecule has 10 aromatic rings. The number of benzene rings is 8. The number of para-hydroxylation sites is 1. The molecule has 0 unspecified atom stereocenters. The average Bonchev–Trinajstić information content (AvgIpc) is 3.47.